The second kappa shape index (κ2) is 6.27. The average molecular weight is 274 g/mol. The van der Waals surface area contributed by atoms with Gasteiger partial charge in [0.1, 0.15) is 5.84 Å². The Kier molecular flexibility index (Phi) is 4.65. The first-order valence-electron chi connectivity index (χ1n) is 7.51. The molecule has 1 unspecified atom stereocenters. The molecule has 0 bridgehead atoms. The lowest BCUT2D eigenvalue weighted by Crippen LogP contribution is -2.37. The zero-order chi connectivity index (χ0) is 14.7. The lowest BCUT2D eigenvalue weighted by molar-refractivity contribution is 0.232. The number of nitrogen functional groups attached to an aromatic ring is 1. The van der Waals surface area contributed by atoms with Gasteiger partial charge in [-0.05, 0) is 38.1 Å². The Bertz CT molecular complexity index is 479. The molecule has 1 aromatic carbocycles. The number of nitrogens with two attached hydrogens (primary N) is 1. The molecule has 1 saturated heterocycles. The van der Waals surface area contributed by atoms with Crippen molar-refractivity contribution in [3.05, 3.63) is 29.3 Å². The van der Waals surface area contributed by atoms with Crippen molar-refractivity contribution in [2.45, 2.75) is 33.2 Å². The van der Waals surface area contributed by atoms with Crippen molar-refractivity contribution in [3.8, 4) is 0 Å². The smallest absolute Gasteiger partial charge is 0.124 e. The van der Waals surface area contributed by atoms with Crippen LogP contribution in [0, 0.1) is 12.3 Å². The molecule has 1 aliphatic heterocycles. The number of aryl methyl sites for hydroxylation is 1. The molecule has 2 rings (SSSR count). The Balaban J connectivity index is 2.24. The van der Waals surface area contributed by atoms with Crippen molar-refractivity contribution in [2.75, 3.05) is 31.1 Å². The summed E-state index contributed by atoms with van der Waals surface area (Å²) in [5, 5.41) is 7.78. The normalized spacial score (nSPS) is 18.8. The zero-order valence-electron chi connectivity index (χ0n) is 12.8. The van der Waals surface area contributed by atoms with E-state index in [-0.39, 0.29) is 5.84 Å². The summed E-state index contributed by atoms with van der Waals surface area (Å²) >= 11 is 0. The molecule has 0 spiro atoms. The maximum Gasteiger partial charge on any atom is 0.124 e. The van der Waals surface area contributed by atoms with Gasteiger partial charge in [-0.2, -0.15) is 0 Å². The van der Waals surface area contributed by atoms with Crippen molar-refractivity contribution in [1.29, 1.82) is 5.41 Å². The number of likely N-dealkylation sites (N-methyl/N-ethyl adjacent to an activating group) is 1. The fourth-order valence-corrected chi connectivity index (χ4v) is 3.28. The molecule has 1 aliphatic rings. The van der Waals surface area contributed by atoms with Crippen LogP contribution in [-0.4, -0.2) is 43.0 Å². The summed E-state index contributed by atoms with van der Waals surface area (Å²) in [5.41, 5.74) is 8.96. The van der Waals surface area contributed by atoms with Gasteiger partial charge in [0.25, 0.3) is 0 Å². The van der Waals surface area contributed by atoms with Gasteiger partial charge in [-0.15, -0.1) is 0 Å². The van der Waals surface area contributed by atoms with E-state index in [1.54, 1.807) is 0 Å². The number of hydrogen-bond donors (Lipinski definition) is 2. The number of nitrogens with zero attached hydrogens (tertiary/aromatic N) is 2. The molecule has 1 fully saturated rings. The van der Waals surface area contributed by atoms with E-state index in [1.807, 2.05) is 12.1 Å². The zero-order valence-corrected chi connectivity index (χ0v) is 12.8. The highest BCUT2D eigenvalue weighted by atomic mass is 15.3. The molecule has 1 aromatic rings. The summed E-state index contributed by atoms with van der Waals surface area (Å²) in [6.45, 7) is 10.8. The number of amidine groups is 1. The monoisotopic (exact) mass is 274 g/mol. The molecule has 3 N–H and O–H groups in total. The van der Waals surface area contributed by atoms with Crippen LogP contribution in [0.4, 0.5) is 5.69 Å². The number of hydrogen-bond acceptors (Lipinski definition) is 3. The van der Waals surface area contributed by atoms with Crippen LogP contribution in [-0.2, 0) is 0 Å². The van der Waals surface area contributed by atoms with Crippen molar-refractivity contribution in [2.24, 2.45) is 5.73 Å². The molecule has 110 valence electrons. The van der Waals surface area contributed by atoms with Crippen LogP contribution in [0.1, 0.15) is 31.4 Å². The summed E-state index contributed by atoms with van der Waals surface area (Å²) in [7, 11) is 0. The van der Waals surface area contributed by atoms with Gasteiger partial charge in [0.05, 0.1) is 5.69 Å². The number of anilines is 1. The van der Waals surface area contributed by atoms with Crippen LogP contribution in [0.2, 0.25) is 0 Å². The first-order valence-corrected chi connectivity index (χ1v) is 7.51. The standard InChI is InChI=1S/C16H26N4/c1-4-19(5-2)13-9-10-20(11-13)15-12(3)7-6-8-14(15)16(17)18/h6-8,13H,4-5,9-11H2,1-3H3,(H3,17,18). The number of para-hydroxylation sites is 1. The highest BCUT2D eigenvalue weighted by Gasteiger charge is 2.28. The molecule has 4 nitrogen and oxygen atoms in total. The van der Waals surface area contributed by atoms with Crippen LogP contribution >= 0.6 is 0 Å². The van der Waals surface area contributed by atoms with Gasteiger partial charge in [0.15, 0.2) is 0 Å². The summed E-state index contributed by atoms with van der Waals surface area (Å²) in [4.78, 5) is 4.92. The van der Waals surface area contributed by atoms with E-state index in [4.69, 9.17) is 11.1 Å². The van der Waals surface area contributed by atoms with E-state index in [2.05, 4.69) is 36.6 Å². The Morgan fingerprint density at radius 2 is 2.10 bits per heavy atom. The molecular weight excluding hydrogens is 248 g/mol. The minimum Gasteiger partial charge on any atom is -0.384 e. The van der Waals surface area contributed by atoms with Crippen molar-refractivity contribution in [1.82, 2.24) is 4.90 Å². The quantitative estimate of drug-likeness (QED) is 0.639. The second-order valence-electron chi connectivity index (χ2n) is 5.49. The van der Waals surface area contributed by atoms with Gasteiger partial charge < -0.3 is 10.6 Å². The maximum atomic E-state index is 7.78. The van der Waals surface area contributed by atoms with Crippen LogP contribution in [0.5, 0.6) is 0 Å². The summed E-state index contributed by atoms with van der Waals surface area (Å²) in [6.07, 6.45) is 1.19. The minimum atomic E-state index is 0.162. The van der Waals surface area contributed by atoms with Gasteiger partial charge in [0, 0.05) is 24.7 Å². The molecule has 20 heavy (non-hydrogen) atoms. The molecule has 0 radical (unpaired) electrons. The SMILES string of the molecule is CCN(CC)C1CCN(c2c(C)cccc2C(=N)N)C1. The highest BCUT2D eigenvalue weighted by Crippen LogP contribution is 2.29. The third kappa shape index (κ3) is 2.80. The van der Waals surface area contributed by atoms with Crippen molar-refractivity contribution >= 4 is 11.5 Å². The molecule has 0 saturated carbocycles. The second-order valence-corrected chi connectivity index (χ2v) is 5.49. The Labute approximate surface area is 122 Å². The van der Waals surface area contributed by atoms with Crippen LogP contribution < -0.4 is 10.6 Å². The maximum absolute atomic E-state index is 7.78. The molecule has 0 amide bonds. The Morgan fingerprint density at radius 1 is 1.40 bits per heavy atom. The first-order chi connectivity index (χ1) is 9.58. The largest absolute Gasteiger partial charge is 0.384 e. The van der Waals surface area contributed by atoms with E-state index < -0.39 is 0 Å². The Morgan fingerprint density at radius 3 is 2.70 bits per heavy atom. The highest BCUT2D eigenvalue weighted by molar-refractivity contribution is 6.01. The number of benzene rings is 1. The van der Waals surface area contributed by atoms with Gasteiger partial charge in [-0.25, -0.2) is 0 Å². The fraction of sp³-hybridized carbons (Fsp3) is 0.562. The predicted molar refractivity (Wildman–Crippen MR) is 85.7 cm³/mol. The summed E-state index contributed by atoms with van der Waals surface area (Å²) in [6, 6.07) is 6.65. The van der Waals surface area contributed by atoms with E-state index in [0.717, 1.165) is 37.4 Å². The van der Waals surface area contributed by atoms with Crippen LogP contribution in [0.25, 0.3) is 0 Å². The number of nitrogens with one attached hydrogen (secondary N) is 1. The van der Waals surface area contributed by atoms with Gasteiger partial charge in [-0.1, -0.05) is 26.0 Å². The van der Waals surface area contributed by atoms with Crippen molar-refractivity contribution < 1.29 is 0 Å². The molecule has 0 aromatic heterocycles. The molecule has 0 aliphatic carbocycles. The molecule has 4 heteroatoms. The summed E-state index contributed by atoms with van der Waals surface area (Å²) < 4.78 is 0. The van der Waals surface area contributed by atoms with Crippen LogP contribution in [0.15, 0.2) is 18.2 Å². The van der Waals surface area contributed by atoms with Crippen molar-refractivity contribution in [3.63, 3.8) is 0 Å². The predicted octanol–water partition coefficient (Wildman–Crippen LogP) is 2.20. The molecule has 1 heterocycles. The number of rotatable bonds is 5. The van der Waals surface area contributed by atoms with Crippen LogP contribution in [0.3, 0.4) is 0 Å². The summed E-state index contributed by atoms with van der Waals surface area (Å²) in [5.74, 6) is 0.162. The van der Waals surface area contributed by atoms with E-state index in [0.29, 0.717) is 6.04 Å². The van der Waals surface area contributed by atoms with Gasteiger partial charge >= 0.3 is 0 Å². The fourth-order valence-electron chi connectivity index (χ4n) is 3.28. The third-order valence-electron chi connectivity index (χ3n) is 4.34. The first kappa shape index (κ1) is 14.9. The average Bonchev–Trinajstić information content (AvgIpc) is 2.89. The van der Waals surface area contributed by atoms with E-state index in [1.165, 1.54) is 12.0 Å². The van der Waals surface area contributed by atoms with E-state index in [9.17, 15) is 0 Å². The lowest BCUT2D eigenvalue weighted by atomic mass is 10.1. The van der Waals surface area contributed by atoms with E-state index >= 15 is 0 Å². The lowest BCUT2D eigenvalue weighted by Gasteiger charge is -2.28. The van der Waals surface area contributed by atoms with Gasteiger partial charge in [-0.3, -0.25) is 10.3 Å². The van der Waals surface area contributed by atoms with Gasteiger partial charge in [0.2, 0.25) is 0 Å². The molecular formula is C16H26N4. The minimum absolute atomic E-state index is 0.162. The third-order valence-corrected chi connectivity index (χ3v) is 4.34. The Hall–Kier alpha value is -1.55. The topological polar surface area (TPSA) is 56.4 Å². The molecule has 1 atom stereocenters.